The van der Waals surface area contributed by atoms with Crippen LogP contribution < -0.4 is 10.1 Å². The van der Waals surface area contributed by atoms with Gasteiger partial charge in [0.1, 0.15) is 5.75 Å². The number of nitrogens with zero attached hydrogens (tertiary/aromatic N) is 1. The van der Waals surface area contributed by atoms with Crippen LogP contribution in [0.3, 0.4) is 0 Å². The van der Waals surface area contributed by atoms with E-state index in [1.54, 1.807) is 24.5 Å². The van der Waals surface area contributed by atoms with Gasteiger partial charge in [-0.1, -0.05) is 19.1 Å². The van der Waals surface area contributed by atoms with Gasteiger partial charge < -0.3 is 10.1 Å². The Hall–Kier alpha value is -2.07. The lowest BCUT2D eigenvalue weighted by Gasteiger charge is -2.07. The third kappa shape index (κ3) is 5.44. The predicted octanol–water partition coefficient (Wildman–Crippen LogP) is 3.22. The zero-order valence-corrected chi connectivity index (χ0v) is 12.7. The quantitative estimate of drug-likeness (QED) is 0.891. The topological polar surface area (TPSA) is 51.2 Å². The number of ether oxygens (including phenoxy) is 1. The number of carbonyl (C=O) groups excluding carboxylic acids is 1. The van der Waals surface area contributed by atoms with Gasteiger partial charge in [-0.25, -0.2) is 0 Å². The number of pyridine rings is 1. The highest BCUT2D eigenvalue weighted by Gasteiger charge is 2.04. The molecule has 0 saturated heterocycles. The fourth-order valence-corrected chi connectivity index (χ4v) is 1.70. The molecular formula is C16H19ClN2O2. The zero-order valence-electron chi connectivity index (χ0n) is 11.9. The molecule has 112 valence electrons. The second-order valence-electron chi connectivity index (χ2n) is 4.42. The summed E-state index contributed by atoms with van der Waals surface area (Å²) in [6, 6.07) is 11.2. The van der Waals surface area contributed by atoms with E-state index >= 15 is 0 Å². The molecule has 0 aliphatic heterocycles. The number of carbonyl (C=O) groups is 1. The fourth-order valence-electron chi connectivity index (χ4n) is 1.70. The molecule has 4 nitrogen and oxygen atoms in total. The van der Waals surface area contributed by atoms with Gasteiger partial charge in [0.2, 0.25) is 0 Å². The molecule has 2 aromatic rings. The van der Waals surface area contributed by atoms with E-state index in [1.165, 1.54) is 0 Å². The number of benzene rings is 1. The number of nitrogens with one attached hydrogen (secondary N) is 1. The Kier molecular flexibility index (Phi) is 7.26. The van der Waals surface area contributed by atoms with Crippen LogP contribution in [0.1, 0.15) is 29.3 Å². The summed E-state index contributed by atoms with van der Waals surface area (Å²) in [7, 11) is 0. The van der Waals surface area contributed by atoms with Gasteiger partial charge in [0.05, 0.1) is 12.2 Å². The number of halogens is 1. The van der Waals surface area contributed by atoms with Crippen molar-refractivity contribution in [3.8, 4) is 5.75 Å². The second kappa shape index (κ2) is 8.97. The monoisotopic (exact) mass is 306 g/mol. The highest BCUT2D eigenvalue weighted by molar-refractivity contribution is 5.93. The molecule has 0 aliphatic rings. The van der Waals surface area contributed by atoms with Gasteiger partial charge in [0.15, 0.2) is 0 Å². The van der Waals surface area contributed by atoms with Crippen LogP contribution in [0.2, 0.25) is 0 Å². The summed E-state index contributed by atoms with van der Waals surface area (Å²) in [5, 5.41) is 2.86. The molecule has 2 rings (SSSR count). The zero-order chi connectivity index (χ0) is 14.2. The van der Waals surface area contributed by atoms with E-state index in [0.29, 0.717) is 12.1 Å². The summed E-state index contributed by atoms with van der Waals surface area (Å²) in [5.74, 6) is 0.735. The first kappa shape index (κ1) is 17.0. The number of amides is 1. The van der Waals surface area contributed by atoms with E-state index in [-0.39, 0.29) is 18.3 Å². The Balaban J connectivity index is 0.00000220. The Morgan fingerprint density at radius 2 is 2.00 bits per heavy atom. The minimum absolute atomic E-state index is 0. The van der Waals surface area contributed by atoms with E-state index in [1.807, 2.05) is 24.3 Å². The molecule has 0 saturated carbocycles. The maximum absolute atomic E-state index is 11.9. The van der Waals surface area contributed by atoms with Gasteiger partial charge >= 0.3 is 0 Å². The van der Waals surface area contributed by atoms with Crippen LogP contribution in [0, 0.1) is 0 Å². The van der Waals surface area contributed by atoms with Crippen molar-refractivity contribution >= 4 is 18.3 Å². The normalized spacial score (nSPS) is 9.57. The first-order valence-corrected chi connectivity index (χ1v) is 6.69. The van der Waals surface area contributed by atoms with E-state index in [0.717, 1.165) is 24.3 Å². The minimum Gasteiger partial charge on any atom is -0.494 e. The average Bonchev–Trinajstić information content (AvgIpc) is 2.52. The Morgan fingerprint density at radius 3 is 2.62 bits per heavy atom. The smallest absolute Gasteiger partial charge is 0.253 e. The van der Waals surface area contributed by atoms with E-state index in [2.05, 4.69) is 17.2 Å². The van der Waals surface area contributed by atoms with Crippen LogP contribution in [0.15, 0.2) is 48.8 Å². The first-order chi connectivity index (χ1) is 9.79. The summed E-state index contributed by atoms with van der Waals surface area (Å²) < 4.78 is 5.51. The fraction of sp³-hybridized carbons (Fsp3) is 0.250. The Morgan fingerprint density at radius 1 is 1.24 bits per heavy atom. The van der Waals surface area contributed by atoms with E-state index < -0.39 is 0 Å². The van der Waals surface area contributed by atoms with Crippen LogP contribution >= 0.6 is 12.4 Å². The van der Waals surface area contributed by atoms with Crippen LogP contribution in [-0.2, 0) is 6.54 Å². The number of hydrogen-bond donors (Lipinski definition) is 1. The average molecular weight is 307 g/mol. The van der Waals surface area contributed by atoms with Gasteiger partial charge in [-0.3, -0.25) is 9.78 Å². The molecule has 0 spiro atoms. The van der Waals surface area contributed by atoms with Gasteiger partial charge in [0, 0.05) is 18.9 Å². The standard InChI is InChI=1S/C16H18N2O2.ClH/c1-2-10-20-15-7-5-13(6-8-15)11-18-16(19)14-4-3-9-17-12-14;/h3-9,12H,2,10-11H2,1H3,(H,18,19);1H. The lowest BCUT2D eigenvalue weighted by molar-refractivity contribution is 0.0950. The molecular weight excluding hydrogens is 288 g/mol. The van der Waals surface area contributed by atoms with Crippen molar-refractivity contribution in [2.24, 2.45) is 0 Å². The van der Waals surface area contributed by atoms with Gasteiger partial charge in [0.25, 0.3) is 5.91 Å². The van der Waals surface area contributed by atoms with Crippen LogP contribution in [-0.4, -0.2) is 17.5 Å². The summed E-state index contributed by atoms with van der Waals surface area (Å²) >= 11 is 0. The Labute approximate surface area is 131 Å². The van der Waals surface area contributed by atoms with Gasteiger partial charge in [-0.15, -0.1) is 12.4 Å². The molecule has 1 heterocycles. The van der Waals surface area contributed by atoms with Crippen molar-refractivity contribution in [1.29, 1.82) is 0 Å². The summed E-state index contributed by atoms with van der Waals surface area (Å²) in [6.45, 7) is 3.28. The molecule has 21 heavy (non-hydrogen) atoms. The lowest BCUT2D eigenvalue weighted by Crippen LogP contribution is -2.22. The highest BCUT2D eigenvalue weighted by Crippen LogP contribution is 2.12. The van der Waals surface area contributed by atoms with Crippen LogP contribution in [0.4, 0.5) is 0 Å². The molecule has 0 radical (unpaired) electrons. The van der Waals surface area contributed by atoms with Crippen LogP contribution in [0.25, 0.3) is 0 Å². The highest BCUT2D eigenvalue weighted by atomic mass is 35.5. The maximum Gasteiger partial charge on any atom is 0.253 e. The van der Waals surface area contributed by atoms with Crippen molar-refractivity contribution in [3.05, 3.63) is 59.9 Å². The molecule has 0 bridgehead atoms. The lowest BCUT2D eigenvalue weighted by atomic mass is 10.2. The third-order valence-corrected chi connectivity index (χ3v) is 2.77. The van der Waals surface area contributed by atoms with Crippen molar-refractivity contribution < 1.29 is 9.53 Å². The SMILES string of the molecule is CCCOc1ccc(CNC(=O)c2cccnc2)cc1.Cl. The summed E-state index contributed by atoms with van der Waals surface area (Å²) in [6.07, 6.45) is 4.19. The van der Waals surface area contributed by atoms with Crippen LogP contribution in [0.5, 0.6) is 5.75 Å². The molecule has 1 N–H and O–H groups in total. The molecule has 0 atom stereocenters. The summed E-state index contributed by atoms with van der Waals surface area (Å²) in [5.41, 5.74) is 1.60. The molecule has 1 amide bonds. The van der Waals surface area contributed by atoms with Crippen molar-refractivity contribution in [1.82, 2.24) is 10.3 Å². The maximum atomic E-state index is 11.9. The molecule has 1 aromatic heterocycles. The second-order valence-corrected chi connectivity index (χ2v) is 4.42. The van der Waals surface area contributed by atoms with Gasteiger partial charge in [-0.2, -0.15) is 0 Å². The Bertz CT molecular complexity index is 544. The minimum atomic E-state index is -0.121. The molecule has 1 aromatic carbocycles. The van der Waals surface area contributed by atoms with Crippen molar-refractivity contribution in [3.63, 3.8) is 0 Å². The predicted molar refractivity (Wildman–Crippen MR) is 84.9 cm³/mol. The number of hydrogen-bond acceptors (Lipinski definition) is 3. The van der Waals surface area contributed by atoms with Crippen molar-refractivity contribution in [2.45, 2.75) is 19.9 Å². The number of aromatic nitrogens is 1. The first-order valence-electron chi connectivity index (χ1n) is 6.69. The summed E-state index contributed by atoms with van der Waals surface area (Å²) in [4.78, 5) is 15.8. The van der Waals surface area contributed by atoms with Crippen molar-refractivity contribution in [2.75, 3.05) is 6.61 Å². The molecule has 5 heteroatoms. The number of rotatable bonds is 6. The molecule has 0 aliphatic carbocycles. The largest absolute Gasteiger partial charge is 0.494 e. The third-order valence-electron chi connectivity index (χ3n) is 2.77. The van der Waals surface area contributed by atoms with Gasteiger partial charge in [-0.05, 0) is 36.2 Å². The molecule has 0 unspecified atom stereocenters. The van der Waals surface area contributed by atoms with E-state index in [4.69, 9.17) is 4.74 Å². The van der Waals surface area contributed by atoms with E-state index in [9.17, 15) is 4.79 Å². The molecule has 0 fully saturated rings.